The van der Waals surface area contributed by atoms with Crippen LogP contribution in [0.4, 0.5) is 4.39 Å². The van der Waals surface area contributed by atoms with Crippen molar-refractivity contribution in [3.63, 3.8) is 0 Å². The second-order valence-corrected chi connectivity index (χ2v) is 5.82. The topological polar surface area (TPSA) is 29.1 Å². The van der Waals surface area contributed by atoms with Gasteiger partial charge in [0.2, 0.25) is 5.91 Å². The van der Waals surface area contributed by atoms with Gasteiger partial charge in [-0.3, -0.25) is 4.79 Å². The summed E-state index contributed by atoms with van der Waals surface area (Å²) in [6.07, 6.45) is 1.24. The normalized spacial score (nSPS) is 27.6. The zero-order valence-electron chi connectivity index (χ0n) is 11.2. The molecule has 1 fully saturated rings. The van der Waals surface area contributed by atoms with Crippen LogP contribution in [0.2, 0.25) is 0 Å². The molecule has 0 saturated carbocycles. The Bertz CT molecular complexity index is 458. The van der Waals surface area contributed by atoms with Gasteiger partial charge in [-0.05, 0) is 24.0 Å². The molecule has 1 aliphatic rings. The predicted octanol–water partition coefficient (Wildman–Crippen LogP) is 3.02. The van der Waals surface area contributed by atoms with E-state index < -0.39 is 5.41 Å². The molecule has 2 atom stereocenters. The molecule has 1 heterocycles. The summed E-state index contributed by atoms with van der Waals surface area (Å²) in [4.78, 5) is 11.7. The van der Waals surface area contributed by atoms with Gasteiger partial charge in [0.15, 0.2) is 0 Å². The SMILES string of the molecule is CC(C)CC1NC(=O)CC1(C)c1ccccc1F. The predicted molar refractivity (Wildman–Crippen MR) is 69.8 cm³/mol. The molecule has 0 radical (unpaired) electrons. The molecule has 98 valence electrons. The van der Waals surface area contributed by atoms with Gasteiger partial charge in [0.05, 0.1) is 0 Å². The zero-order chi connectivity index (χ0) is 13.3. The van der Waals surface area contributed by atoms with Gasteiger partial charge in [-0.25, -0.2) is 4.39 Å². The van der Waals surface area contributed by atoms with Crippen molar-refractivity contribution < 1.29 is 9.18 Å². The highest BCUT2D eigenvalue weighted by Gasteiger charge is 2.45. The monoisotopic (exact) mass is 249 g/mol. The van der Waals surface area contributed by atoms with Crippen LogP contribution in [0.15, 0.2) is 24.3 Å². The fraction of sp³-hybridized carbons (Fsp3) is 0.533. The van der Waals surface area contributed by atoms with Crippen molar-refractivity contribution in [1.82, 2.24) is 5.32 Å². The number of rotatable bonds is 3. The molecular weight excluding hydrogens is 229 g/mol. The van der Waals surface area contributed by atoms with Crippen LogP contribution >= 0.6 is 0 Å². The van der Waals surface area contributed by atoms with Gasteiger partial charge in [-0.1, -0.05) is 39.0 Å². The lowest BCUT2D eigenvalue weighted by atomic mass is 9.73. The maximum absolute atomic E-state index is 14.0. The molecule has 0 bridgehead atoms. The van der Waals surface area contributed by atoms with Crippen LogP contribution in [0, 0.1) is 11.7 Å². The van der Waals surface area contributed by atoms with Crippen LogP contribution in [0.5, 0.6) is 0 Å². The van der Waals surface area contributed by atoms with Gasteiger partial charge in [0.25, 0.3) is 0 Å². The van der Waals surface area contributed by atoms with E-state index >= 15 is 0 Å². The third-order valence-corrected chi connectivity index (χ3v) is 3.83. The molecule has 1 aromatic rings. The van der Waals surface area contributed by atoms with Crippen LogP contribution in [-0.2, 0) is 10.2 Å². The van der Waals surface area contributed by atoms with Crippen molar-refractivity contribution in [1.29, 1.82) is 0 Å². The van der Waals surface area contributed by atoms with E-state index in [1.54, 1.807) is 12.1 Å². The second-order valence-electron chi connectivity index (χ2n) is 5.82. The highest BCUT2D eigenvalue weighted by atomic mass is 19.1. The second kappa shape index (κ2) is 4.71. The van der Waals surface area contributed by atoms with Crippen molar-refractivity contribution in [2.75, 3.05) is 0 Å². The minimum Gasteiger partial charge on any atom is -0.352 e. The van der Waals surface area contributed by atoms with E-state index in [1.807, 2.05) is 13.0 Å². The molecule has 2 rings (SSSR count). The largest absolute Gasteiger partial charge is 0.352 e. The molecule has 1 saturated heterocycles. The van der Waals surface area contributed by atoms with Crippen molar-refractivity contribution in [2.24, 2.45) is 5.92 Å². The molecule has 0 aromatic heterocycles. The Morgan fingerprint density at radius 3 is 2.72 bits per heavy atom. The van der Waals surface area contributed by atoms with Crippen molar-refractivity contribution in [3.8, 4) is 0 Å². The zero-order valence-corrected chi connectivity index (χ0v) is 11.2. The van der Waals surface area contributed by atoms with Crippen LogP contribution in [-0.4, -0.2) is 11.9 Å². The molecule has 0 aliphatic carbocycles. The first-order valence-corrected chi connectivity index (χ1v) is 6.48. The molecule has 2 unspecified atom stereocenters. The number of amides is 1. The number of benzene rings is 1. The number of carbonyl (C=O) groups is 1. The van der Waals surface area contributed by atoms with Crippen LogP contribution in [0.1, 0.15) is 39.2 Å². The minimum atomic E-state index is -0.438. The summed E-state index contributed by atoms with van der Waals surface area (Å²) in [6, 6.07) is 6.79. The van der Waals surface area contributed by atoms with Gasteiger partial charge in [-0.2, -0.15) is 0 Å². The van der Waals surface area contributed by atoms with E-state index in [1.165, 1.54) is 6.07 Å². The molecule has 1 amide bonds. The highest BCUT2D eigenvalue weighted by Crippen LogP contribution is 2.39. The van der Waals surface area contributed by atoms with Crippen molar-refractivity contribution in [2.45, 2.75) is 45.1 Å². The Morgan fingerprint density at radius 2 is 2.11 bits per heavy atom. The number of halogens is 1. The first kappa shape index (κ1) is 13.1. The van der Waals surface area contributed by atoms with Gasteiger partial charge >= 0.3 is 0 Å². The van der Waals surface area contributed by atoms with Crippen LogP contribution in [0.25, 0.3) is 0 Å². The highest BCUT2D eigenvalue weighted by molar-refractivity contribution is 5.81. The summed E-state index contributed by atoms with van der Waals surface area (Å²) >= 11 is 0. The van der Waals surface area contributed by atoms with E-state index in [-0.39, 0.29) is 17.8 Å². The molecule has 18 heavy (non-hydrogen) atoms. The Hall–Kier alpha value is -1.38. The number of nitrogens with one attached hydrogen (secondary N) is 1. The maximum atomic E-state index is 14.0. The Labute approximate surface area is 108 Å². The standard InChI is InChI=1S/C15H20FNO/c1-10(2)8-13-15(3,9-14(18)17-13)11-6-4-5-7-12(11)16/h4-7,10,13H,8-9H2,1-3H3,(H,17,18). The molecule has 1 aromatic carbocycles. The lowest BCUT2D eigenvalue weighted by Crippen LogP contribution is -2.40. The number of hydrogen-bond acceptors (Lipinski definition) is 1. The van der Waals surface area contributed by atoms with E-state index in [9.17, 15) is 9.18 Å². The van der Waals surface area contributed by atoms with Crippen LogP contribution < -0.4 is 5.32 Å². The van der Waals surface area contributed by atoms with Crippen LogP contribution in [0.3, 0.4) is 0 Å². The summed E-state index contributed by atoms with van der Waals surface area (Å²) in [5, 5.41) is 3.00. The minimum absolute atomic E-state index is 0.0156. The van der Waals surface area contributed by atoms with Crippen molar-refractivity contribution >= 4 is 5.91 Å². The number of hydrogen-bond donors (Lipinski definition) is 1. The fourth-order valence-corrected chi connectivity index (χ4v) is 2.86. The average molecular weight is 249 g/mol. The smallest absolute Gasteiger partial charge is 0.221 e. The lowest BCUT2D eigenvalue weighted by Gasteiger charge is -2.32. The summed E-state index contributed by atoms with van der Waals surface area (Å²) in [6.45, 7) is 6.22. The summed E-state index contributed by atoms with van der Waals surface area (Å²) < 4.78 is 14.0. The molecule has 1 N–H and O–H groups in total. The van der Waals surface area contributed by atoms with Crippen molar-refractivity contribution in [3.05, 3.63) is 35.6 Å². The first-order valence-electron chi connectivity index (χ1n) is 6.48. The average Bonchev–Trinajstić information content (AvgIpc) is 2.54. The van der Waals surface area contributed by atoms with Gasteiger partial charge in [-0.15, -0.1) is 0 Å². The van der Waals surface area contributed by atoms with Gasteiger partial charge in [0, 0.05) is 17.9 Å². The molecule has 1 aliphatic heterocycles. The first-order chi connectivity index (χ1) is 8.43. The lowest BCUT2D eigenvalue weighted by molar-refractivity contribution is -0.119. The third kappa shape index (κ3) is 2.26. The summed E-state index contributed by atoms with van der Waals surface area (Å²) in [5.74, 6) is 0.274. The van der Waals surface area contributed by atoms with E-state index in [0.717, 1.165) is 6.42 Å². The molecule has 3 heteroatoms. The molecule has 0 spiro atoms. The van der Waals surface area contributed by atoms with E-state index in [4.69, 9.17) is 0 Å². The maximum Gasteiger partial charge on any atom is 0.221 e. The van der Waals surface area contributed by atoms with E-state index in [2.05, 4.69) is 19.2 Å². The Kier molecular flexibility index (Phi) is 3.42. The Morgan fingerprint density at radius 1 is 1.44 bits per heavy atom. The molecular formula is C15H20FNO. The number of carbonyl (C=O) groups excluding carboxylic acids is 1. The summed E-state index contributed by atoms with van der Waals surface area (Å²) in [7, 11) is 0. The Balaban J connectivity index is 2.38. The van der Waals surface area contributed by atoms with E-state index in [0.29, 0.717) is 17.9 Å². The van der Waals surface area contributed by atoms with Gasteiger partial charge < -0.3 is 5.32 Å². The molecule has 2 nitrogen and oxygen atoms in total. The summed E-state index contributed by atoms with van der Waals surface area (Å²) in [5.41, 5.74) is 0.209. The fourth-order valence-electron chi connectivity index (χ4n) is 2.86. The quantitative estimate of drug-likeness (QED) is 0.876. The van der Waals surface area contributed by atoms with Gasteiger partial charge in [0.1, 0.15) is 5.82 Å². The third-order valence-electron chi connectivity index (χ3n) is 3.83.